The van der Waals surface area contributed by atoms with Crippen LogP contribution in [-0.4, -0.2) is 36.3 Å². The van der Waals surface area contributed by atoms with E-state index < -0.39 is 11.7 Å². The first kappa shape index (κ1) is 20.7. The fourth-order valence-electron chi connectivity index (χ4n) is 3.64. The molecule has 0 atom stereocenters. The third-order valence-electron chi connectivity index (χ3n) is 5.11. The van der Waals surface area contributed by atoms with Crippen LogP contribution in [0.1, 0.15) is 11.1 Å². The first-order valence-electron chi connectivity index (χ1n) is 9.49. The van der Waals surface area contributed by atoms with Gasteiger partial charge in [-0.15, -0.1) is 0 Å². The van der Waals surface area contributed by atoms with Crippen molar-refractivity contribution in [3.05, 3.63) is 58.7 Å². The largest absolute Gasteiger partial charge is 0.418 e. The number of rotatable bonds is 4. The van der Waals surface area contributed by atoms with Gasteiger partial charge in [0.1, 0.15) is 0 Å². The first-order chi connectivity index (χ1) is 14.4. The molecule has 0 radical (unpaired) electrons. The van der Waals surface area contributed by atoms with Crippen molar-refractivity contribution in [3.63, 3.8) is 0 Å². The molecule has 3 N–H and O–H groups in total. The van der Waals surface area contributed by atoms with Crippen LogP contribution in [0.2, 0.25) is 5.02 Å². The lowest BCUT2D eigenvalue weighted by molar-refractivity contribution is -0.137. The molecule has 30 heavy (non-hydrogen) atoms. The van der Waals surface area contributed by atoms with E-state index in [1.54, 1.807) is 29.2 Å². The van der Waals surface area contributed by atoms with E-state index in [1.807, 2.05) is 0 Å². The quantitative estimate of drug-likeness (QED) is 0.560. The lowest BCUT2D eigenvalue weighted by atomic mass is 10.1. The topological polar surface area (TPSA) is 60.4 Å². The maximum atomic E-state index is 13.8. The number of anilines is 3. The van der Waals surface area contributed by atoms with Gasteiger partial charge in [-0.1, -0.05) is 11.6 Å². The van der Waals surface area contributed by atoms with E-state index >= 15 is 0 Å². The number of benzene rings is 2. The van der Waals surface area contributed by atoms with Gasteiger partial charge in [-0.2, -0.15) is 13.2 Å². The zero-order valence-electron chi connectivity index (χ0n) is 15.9. The lowest BCUT2D eigenvalue weighted by Gasteiger charge is -2.31. The Morgan fingerprint density at radius 3 is 2.60 bits per heavy atom. The lowest BCUT2D eigenvalue weighted by Crippen LogP contribution is -2.44. The minimum absolute atomic E-state index is 0.166. The molecule has 0 saturated carbocycles. The van der Waals surface area contributed by atoms with Gasteiger partial charge in [-0.25, -0.2) is 0 Å². The van der Waals surface area contributed by atoms with Gasteiger partial charge >= 0.3 is 6.18 Å². The molecular weight excluding hydrogens is 417 g/mol. The summed E-state index contributed by atoms with van der Waals surface area (Å²) >= 11 is 6.10. The van der Waals surface area contributed by atoms with Crippen molar-refractivity contribution in [2.24, 2.45) is 0 Å². The molecule has 0 amide bonds. The van der Waals surface area contributed by atoms with Crippen molar-refractivity contribution < 1.29 is 18.3 Å². The number of hydrogen-bond donors (Lipinski definition) is 3. The van der Waals surface area contributed by atoms with Crippen LogP contribution in [0.5, 0.6) is 0 Å². The monoisotopic (exact) mass is 436 g/mol. The molecule has 4 rings (SSSR count). The van der Waals surface area contributed by atoms with Crippen LogP contribution in [0.15, 0.2) is 42.6 Å². The van der Waals surface area contributed by atoms with Crippen molar-refractivity contribution in [1.82, 2.24) is 10.3 Å². The summed E-state index contributed by atoms with van der Waals surface area (Å²) in [5.74, 6) is 0. The smallest absolute Gasteiger partial charge is 0.392 e. The van der Waals surface area contributed by atoms with E-state index in [9.17, 15) is 18.3 Å². The highest BCUT2D eigenvalue weighted by atomic mass is 35.5. The van der Waals surface area contributed by atoms with E-state index in [2.05, 4.69) is 15.6 Å². The van der Waals surface area contributed by atoms with Gasteiger partial charge in [0.05, 0.1) is 23.4 Å². The minimum Gasteiger partial charge on any atom is -0.392 e. The third-order valence-corrected chi connectivity index (χ3v) is 5.34. The SMILES string of the molecule is OCc1cnc2ccc(Cl)cc2c1Nc1ccc(N2CCNCC2)c(C(F)(F)F)c1. The number of nitrogens with zero attached hydrogens (tertiary/aromatic N) is 2. The van der Waals surface area contributed by atoms with Crippen LogP contribution >= 0.6 is 11.6 Å². The highest BCUT2D eigenvalue weighted by Crippen LogP contribution is 2.40. The van der Waals surface area contributed by atoms with E-state index in [4.69, 9.17) is 11.6 Å². The molecule has 1 aliphatic rings. The highest BCUT2D eigenvalue weighted by Gasteiger charge is 2.35. The number of aliphatic hydroxyl groups is 1. The first-order valence-corrected chi connectivity index (χ1v) is 9.86. The molecule has 1 aromatic heterocycles. The predicted molar refractivity (Wildman–Crippen MR) is 112 cm³/mol. The summed E-state index contributed by atoms with van der Waals surface area (Å²) < 4.78 is 41.5. The van der Waals surface area contributed by atoms with E-state index in [-0.39, 0.29) is 18.0 Å². The summed E-state index contributed by atoms with van der Waals surface area (Å²) in [7, 11) is 0. The molecule has 1 saturated heterocycles. The maximum absolute atomic E-state index is 13.8. The fourth-order valence-corrected chi connectivity index (χ4v) is 3.81. The summed E-state index contributed by atoms with van der Waals surface area (Å²) in [6.45, 7) is 1.99. The zero-order valence-corrected chi connectivity index (χ0v) is 16.7. The van der Waals surface area contributed by atoms with Gasteiger partial charge in [0.15, 0.2) is 0 Å². The summed E-state index contributed by atoms with van der Waals surface area (Å²) in [5.41, 5.74) is 1.30. The number of fused-ring (bicyclic) bond motifs is 1. The van der Waals surface area contributed by atoms with Crippen LogP contribution in [0.4, 0.5) is 30.2 Å². The molecule has 0 spiro atoms. The third kappa shape index (κ3) is 4.16. The Morgan fingerprint density at radius 1 is 1.13 bits per heavy atom. The van der Waals surface area contributed by atoms with Gasteiger partial charge in [0, 0.05) is 59.7 Å². The van der Waals surface area contributed by atoms with Gasteiger partial charge in [-0.3, -0.25) is 4.98 Å². The van der Waals surface area contributed by atoms with Crippen molar-refractivity contribution in [3.8, 4) is 0 Å². The zero-order chi connectivity index (χ0) is 21.3. The van der Waals surface area contributed by atoms with Gasteiger partial charge in [-0.05, 0) is 36.4 Å². The Hall–Kier alpha value is -2.55. The molecule has 1 fully saturated rings. The number of alkyl halides is 3. The van der Waals surface area contributed by atoms with Crippen molar-refractivity contribution >= 4 is 39.6 Å². The summed E-state index contributed by atoms with van der Waals surface area (Å²) in [4.78, 5) is 6.02. The summed E-state index contributed by atoms with van der Waals surface area (Å²) in [6, 6.07) is 9.29. The van der Waals surface area contributed by atoms with E-state index in [1.165, 1.54) is 12.3 Å². The average molecular weight is 437 g/mol. The van der Waals surface area contributed by atoms with Gasteiger partial charge in [0.25, 0.3) is 0 Å². The van der Waals surface area contributed by atoms with Crippen molar-refractivity contribution in [1.29, 1.82) is 0 Å². The average Bonchev–Trinajstić information content (AvgIpc) is 2.74. The van der Waals surface area contributed by atoms with Crippen molar-refractivity contribution in [2.45, 2.75) is 12.8 Å². The number of nitrogens with one attached hydrogen (secondary N) is 2. The molecule has 1 aliphatic heterocycles. The normalized spacial score (nSPS) is 14.9. The second-order valence-electron chi connectivity index (χ2n) is 7.07. The van der Waals surface area contributed by atoms with Crippen LogP contribution < -0.4 is 15.5 Å². The number of pyridine rings is 1. The van der Waals surface area contributed by atoms with Crippen molar-refractivity contribution in [2.75, 3.05) is 36.4 Å². The van der Waals surface area contributed by atoms with Crippen LogP contribution in [0.25, 0.3) is 10.9 Å². The van der Waals surface area contributed by atoms with E-state index in [0.29, 0.717) is 53.4 Å². The molecule has 0 unspecified atom stereocenters. The summed E-state index contributed by atoms with van der Waals surface area (Å²) in [5, 5.41) is 17.0. The summed E-state index contributed by atoms with van der Waals surface area (Å²) in [6.07, 6.45) is -3.00. The fraction of sp³-hybridized carbons (Fsp3) is 0.286. The molecule has 9 heteroatoms. The van der Waals surface area contributed by atoms with Crippen LogP contribution in [-0.2, 0) is 12.8 Å². The Bertz CT molecular complexity index is 1070. The van der Waals surface area contributed by atoms with Gasteiger partial charge in [0.2, 0.25) is 0 Å². The number of piperazine rings is 1. The molecule has 0 aliphatic carbocycles. The number of halogens is 4. The molecule has 0 bridgehead atoms. The standard InChI is InChI=1S/C21H20ClF3N4O/c22-14-1-3-18-16(9-14)20(13(12-30)11-27-18)28-15-2-4-19(17(10-15)21(23,24)25)29-7-5-26-6-8-29/h1-4,9-11,26,30H,5-8,12H2,(H,27,28). The molecule has 158 valence electrons. The second kappa shape index (κ2) is 8.29. The molecule has 2 aromatic carbocycles. The Morgan fingerprint density at radius 2 is 1.90 bits per heavy atom. The van der Waals surface area contributed by atoms with E-state index in [0.717, 1.165) is 6.07 Å². The Balaban J connectivity index is 1.78. The molecule has 3 aromatic rings. The Labute approximate surface area is 176 Å². The minimum atomic E-state index is -4.50. The number of aromatic nitrogens is 1. The predicted octanol–water partition coefficient (Wildman–Crippen LogP) is 4.55. The van der Waals surface area contributed by atoms with Gasteiger partial charge < -0.3 is 20.6 Å². The molecular formula is C21H20ClF3N4O. The molecule has 2 heterocycles. The van der Waals surface area contributed by atoms with Crippen LogP contribution in [0, 0.1) is 0 Å². The molecule has 5 nitrogen and oxygen atoms in total. The highest BCUT2D eigenvalue weighted by molar-refractivity contribution is 6.31. The number of aliphatic hydroxyl groups excluding tert-OH is 1. The van der Waals surface area contributed by atoms with Crippen LogP contribution in [0.3, 0.4) is 0 Å². The Kier molecular flexibility index (Phi) is 5.73. The number of hydrogen-bond acceptors (Lipinski definition) is 5. The second-order valence-corrected chi connectivity index (χ2v) is 7.51. The maximum Gasteiger partial charge on any atom is 0.418 e.